The Labute approximate surface area is 93.0 Å². The van der Waals surface area contributed by atoms with Gasteiger partial charge >= 0.3 is 0 Å². The molecule has 0 aliphatic rings. The third kappa shape index (κ3) is 2.36. The van der Waals surface area contributed by atoms with Crippen molar-refractivity contribution in [3.8, 4) is 5.75 Å². The van der Waals surface area contributed by atoms with Gasteiger partial charge in [-0.2, -0.15) is 0 Å². The van der Waals surface area contributed by atoms with E-state index in [4.69, 9.17) is 16.3 Å². The number of ketones is 1. The first-order chi connectivity index (χ1) is 7.13. The molecule has 0 aliphatic heterocycles. The number of aldehydes is 1. The van der Waals surface area contributed by atoms with Gasteiger partial charge < -0.3 is 4.74 Å². The molecule has 80 valence electrons. The highest BCUT2D eigenvalue weighted by atomic mass is 35.5. The lowest BCUT2D eigenvalue weighted by atomic mass is 10.00. The molecule has 0 aromatic heterocycles. The van der Waals surface area contributed by atoms with Gasteiger partial charge in [-0.3, -0.25) is 9.59 Å². The molecule has 0 N–H and O–H groups in total. The Morgan fingerprint density at radius 3 is 2.67 bits per heavy atom. The lowest BCUT2D eigenvalue weighted by Gasteiger charge is -2.08. The number of carbonyl (C=O) groups is 2. The van der Waals surface area contributed by atoms with Crippen LogP contribution < -0.4 is 4.74 Å². The molecule has 3 nitrogen and oxygen atoms in total. The standard InChI is InChI=1S/C11H11ClO3/c1-7-3-8(15-2)4-9(10(7)6-13)11(14)5-12/h3-4,6H,5H2,1-2H3. The number of Topliss-reactive ketones (excluding diaryl/α,β-unsaturated/α-hetero) is 1. The summed E-state index contributed by atoms with van der Waals surface area (Å²) in [5.41, 5.74) is 1.40. The van der Waals surface area contributed by atoms with E-state index in [9.17, 15) is 9.59 Å². The monoisotopic (exact) mass is 226 g/mol. The summed E-state index contributed by atoms with van der Waals surface area (Å²) >= 11 is 5.46. The van der Waals surface area contributed by atoms with Crippen molar-refractivity contribution in [3.63, 3.8) is 0 Å². The van der Waals surface area contributed by atoms with Crippen molar-refractivity contribution >= 4 is 23.7 Å². The van der Waals surface area contributed by atoms with Crippen molar-refractivity contribution in [1.29, 1.82) is 0 Å². The molecule has 0 unspecified atom stereocenters. The molecule has 1 aromatic carbocycles. The van der Waals surface area contributed by atoms with Gasteiger partial charge in [0.15, 0.2) is 12.1 Å². The van der Waals surface area contributed by atoms with Crippen LogP contribution in [0.25, 0.3) is 0 Å². The van der Waals surface area contributed by atoms with Crippen LogP contribution >= 0.6 is 11.6 Å². The van der Waals surface area contributed by atoms with Crippen LogP contribution in [0.5, 0.6) is 5.75 Å². The first-order valence-electron chi connectivity index (χ1n) is 4.37. The van der Waals surface area contributed by atoms with E-state index in [1.807, 2.05) is 0 Å². The molecular weight excluding hydrogens is 216 g/mol. The SMILES string of the molecule is COc1cc(C)c(C=O)c(C(=O)CCl)c1. The van der Waals surface area contributed by atoms with Crippen LogP contribution in [0.1, 0.15) is 26.3 Å². The number of rotatable bonds is 4. The summed E-state index contributed by atoms with van der Waals surface area (Å²) < 4.78 is 5.02. The Kier molecular flexibility index (Phi) is 3.86. The summed E-state index contributed by atoms with van der Waals surface area (Å²) in [6.45, 7) is 1.75. The summed E-state index contributed by atoms with van der Waals surface area (Å²) in [5, 5.41) is 0. The summed E-state index contributed by atoms with van der Waals surface area (Å²) in [6, 6.07) is 3.23. The number of benzene rings is 1. The molecule has 15 heavy (non-hydrogen) atoms. The Morgan fingerprint density at radius 1 is 1.53 bits per heavy atom. The third-order valence-electron chi connectivity index (χ3n) is 2.14. The Bertz CT molecular complexity index is 399. The fourth-order valence-corrected chi connectivity index (χ4v) is 1.49. The largest absolute Gasteiger partial charge is 0.497 e. The van der Waals surface area contributed by atoms with Crippen LogP contribution in [0.15, 0.2) is 12.1 Å². The minimum Gasteiger partial charge on any atom is -0.497 e. The van der Waals surface area contributed by atoms with Crippen LogP contribution in [0.3, 0.4) is 0 Å². The number of hydrogen-bond donors (Lipinski definition) is 0. The molecule has 0 fully saturated rings. The van der Waals surface area contributed by atoms with Gasteiger partial charge in [-0.1, -0.05) is 0 Å². The molecule has 0 atom stereocenters. The zero-order valence-electron chi connectivity index (χ0n) is 8.54. The second-order valence-corrected chi connectivity index (χ2v) is 3.35. The zero-order valence-corrected chi connectivity index (χ0v) is 9.30. The minimum atomic E-state index is -0.277. The van der Waals surface area contributed by atoms with Gasteiger partial charge in [-0.05, 0) is 24.6 Å². The Morgan fingerprint density at radius 2 is 2.20 bits per heavy atom. The van der Waals surface area contributed by atoms with E-state index < -0.39 is 0 Å². The number of alkyl halides is 1. The number of aryl methyl sites for hydroxylation is 1. The molecule has 1 rings (SSSR count). The van der Waals surface area contributed by atoms with Gasteiger partial charge in [0, 0.05) is 11.1 Å². The summed E-state index contributed by atoms with van der Waals surface area (Å²) in [5.74, 6) is 0.125. The zero-order chi connectivity index (χ0) is 11.4. The molecule has 0 bridgehead atoms. The average molecular weight is 227 g/mol. The van der Waals surface area contributed by atoms with Crippen molar-refractivity contribution in [2.75, 3.05) is 13.0 Å². The lowest BCUT2D eigenvalue weighted by Crippen LogP contribution is -2.07. The second kappa shape index (κ2) is 4.94. The topological polar surface area (TPSA) is 43.4 Å². The lowest BCUT2D eigenvalue weighted by molar-refractivity contribution is 0.101. The fourth-order valence-electron chi connectivity index (χ4n) is 1.34. The van der Waals surface area contributed by atoms with Crippen molar-refractivity contribution in [2.45, 2.75) is 6.92 Å². The average Bonchev–Trinajstić information content (AvgIpc) is 2.26. The van der Waals surface area contributed by atoms with Gasteiger partial charge in [0.2, 0.25) is 0 Å². The number of halogens is 1. The summed E-state index contributed by atoms with van der Waals surface area (Å²) in [6.07, 6.45) is 0.661. The van der Waals surface area contributed by atoms with Gasteiger partial charge in [0.05, 0.1) is 13.0 Å². The van der Waals surface area contributed by atoms with E-state index in [1.165, 1.54) is 13.2 Å². The van der Waals surface area contributed by atoms with Crippen LogP contribution in [0.4, 0.5) is 0 Å². The fraction of sp³-hybridized carbons (Fsp3) is 0.273. The van der Waals surface area contributed by atoms with E-state index in [0.29, 0.717) is 28.7 Å². The van der Waals surface area contributed by atoms with Gasteiger partial charge in [0.25, 0.3) is 0 Å². The van der Waals surface area contributed by atoms with E-state index in [1.54, 1.807) is 13.0 Å². The second-order valence-electron chi connectivity index (χ2n) is 3.08. The molecule has 0 amide bonds. The highest BCUT2D eigenvalue weighted by Gasteiger charge is 2.14. The smallest absolute Gasteiger partial charge is 0.178 e. The van der Waals surface area contributed by atoms with Gasteiger partial charge in [-0.25, -0.2) is 0 Å². The first kappa shape index (κ1) is 11.7. The Balaban J connectivity index is 3.38. The third-order valence-corrected chi connectivity index (χ3v) is 2.38. The van der Waals surface area contributed by atoms with Crippen LogP contribution in [-0.4, -0.2) is 25.1 Å². The minimum absolute atomic E-state index is 0.145. The highest BCUT2D eigenvalue weighted by Crippen LogP contribution is 2.21. The quantitative estimate of drug-likeness (QED) is 0.449. The number of ether oxygens (including phenoxy) is 1. The van der Waals surface area contributed by atoms with E-state index >= 15 is 0 Å². The van der Waals surface area contributed by atoms with Crippen molar-refractivity contribution in [1.82, 2.24) is 0 Å². The molecule has 0 spiro atoms. The molecular formula is C11H11ClO3. The van der Waals surface area contributed by atoms with E-state index in [2.05, 4.69) is 0 Å². The van der Waals surface area contributed by atoms with E-state index in [0.717, 1.165) is 0 Å². The maximum Gasteiger partial charge on any atom is 0.178 e. The highest BCUT2D eigenvalue weighted by molar-refractivity contribution is 6.31. The van der Waals surface area contributed by atoms with Crippen molar-refractivity contribution in [2.24, 2.45) is 0 Å². The molecule has 0 saturated carbocycles. The predicted octanol–water partition coefficient (Wildman–Crippen LogP) is 2.24. The van der Waals surface area contributed by atoms with Crippen molar-refractivity contribution < 1.29 is 14.3 Å². The summed E-state index contributed by atoms with van der Waals surface area (Å²) in [7, 11) is 1.50. The van der Waals surface area contributed by atoms with Crippen LogP contribution in [0.2, 0.25) is 0 Å². The molecule has 0 aliphatic carbocycles. The number of hydrogen-bond acceptors (Lipinski definition) is 3. The molecule has 0 radical (unpaired) electrons. The van der Waals surface area contributed by atoms with Gasteiger partial charge in [-0.15, -0.1) is 11.6 Å². The molecule has 0 saturated heterocycles. The molecule has 4 heteroatoms. The summed E-state index contributed by atoms with van der Waals surface area (Å²) in [4.78, 5) is 22.3. The number of methoxy groups -OCH3 is 1. The Hall–Kier alpha value is -1.35. The van der Waals surface area contributed by atoms with Crippen LogP contribution in [-0.2, 0) is 0 Å². The predicted molar refractivity (Wildman–Crippen MR) is 58.2 cm³/mol. The van der Waals surface area contributed by atoms with Crippen LogP contribution in [0, 0.1) is 6.92 Å². The van der Waals surface area contributed by atoms with E-state index in [-0.39, 0.29) is 11.7 Å². The first-order valence-corrected chi connectivity index (χ1v) is 4.90. The normalized spacial score (nSPS) is 9.80. The van der Waals surface area contributed by atoms with Crippen molar-refractivity contribution in [3.05, 3.63) is 28.8 Å². The number of carbonyl (C=O) groups excluding carboxylic acids is 2. The maximum absolute atomic E-state index is 11.5. The molecule has 1 aromatic rings. The maximum atomic E-state index is 11.5. The molecule has 0 heterocycles. The van der Waals surface area contributed by atoms with Gasteiger partial charge in [0.1, 0.15) is 5.75 Å².